The second-order valence-electron chi connectivity index (χ2n) is 7.73. The molecule has 164 valence electrons. The quantitative estimate of drug-likeness (QED) is 0.315. The van der Waals surface area contributed by atoms with Gasteiger partial charge >= 0.3 is 0 Å². The minimum atomic E-state index is -0.206. The van der Waals surface area contributed by atoms with Crippen LogP contribution in [0.25, 0.3) is 22.6 Å². The lowest BCUT2D eigenvalue weighted by Crippen LogP contribution is -2.12. The van der Waals surface area contributed by atoms with Crippen molar-refractivity contribution in [2.45, 2.75) is 13.8 Å². The van der Waals surface area contributed by atoms with Gasteiger partial charge in [-0.15, -0.1) is 0 Å². The molecule has 0 fully saturated rings. The zero-order chi connectivity index (χ0) is 22.7. The molecule has 0 aliphatic rings. The number of benzene rings is 3. The maximum Gasteiger partial charge on any atom is 0.255 e. The molecule has 3 aromatic carbocycles. The number of fused-ring (bicyclic) bond motifs is 1. The fourth-order valence-electron chi connectivity index (χ4n) is 3.10. The van der Waals surface area contributed by atoms with Crippen LogP contribution in [0.3, 0.4) is 0 Å². The van der Waals surface area contributed by atoms with E-state index in [4.69, 9.17) is 13.9 Å². The molecule has 0 spiro atoms. The predicted molar refractivity (Wildman–Crippen MR) is 128 cm³/mol. The molecule has 1 N–H and O–H groups in total. The Morgan fingerprint density at radius 2 is 1.88 bits per heavy atom. The number of amides is 1. The van der Waals surface area contributed by atoms with E-state index in [1.165, 1.54) is 0 Å². The van der Waals surface area contributed by atoms with Gasteiger partial charge in [-0.25, -0.2) is 4.98 Å². The monoisotopic (exact) mass is 494 g/mol. The Morgan fingerprint density at radius 3 is 2.56 bits per heavy atom. The number of rotatable bonds is 7. The highest BCUT2D eigenvalue weighted by atomic mass is 79.9. The Labute approximate surface area is 194 Å². The number of oxazole rings is 1. The molecular formula is C25H23BrN2O4. The molecule has 4 rings (SSSR count). The first-order valence-corrected chi connectivity index (χ1v) is 11.0. The summed E-state index contributed by atoms with van der Waals surface area (Å²) in [6.45, 7) is 4.82. The van der Waals surface area contributed by atoms with Crippen molar-refractivity contribution in [2.75, 3.05) is 19.0 Å². The van der Waals surface area contributed by atoms with E-state index in [0.29, 0.717) is 40.8 Å². The molecule has 0 aliphatic carbocycles. The number of nitrogens with zero attached hydrogens (tertiary/aromatic N) is 1. The van der Waals surface area contributed by atoms with Crippen molar-refractivity contribution in [3.8, 4) is 23.0 Å². The maximum absolute atomic E-state index is 12.6. The maximum atomic E-state index is 12.6. The van der Waals surface area contributed by atoms with Gasteiger partial charge in [-0.1, -0.05) is 13.8 Å². The smallest absolute Gasteiger partial charge is 0.255 e. The van der Waals surface area contributed by atoms with Crippen LogP contribution >= 0.6 is 15.9 Å². The standard InChI is InChI=1S/C25H23BrN2O4/c1-15(2)14-31-19-8-4-16(5-9-19)24(29)27-18-7-11-23-21(13-18)28-25(32-23)17-6-10-22(30-3)20(26)12-17/h4-13,15H,14H2,1-3H3,(H,27,29). The van der Waals surface area contributed by atoms with Gasteiger partial charge in [-0.05, 0) is 82.5 Å². The lowest BCUT2D eigenvalue weighted by atomic mass is 10.2. The van der Waals surface area contributed by atoms with E-state index in [9.17, 15) is 4.79 Å². The molecule has 0 atom stereocenters. The Kier molecular flexibility index (Phi) is 6.46. The molecule has 0 saturated carbocycles. The summed E-state index contributed by atoms with van der Waals surface area (Å²) in [6, 6.07) is 18.1. The largest absolute Gasteiger partial charge is 0.496 e. The minimum Gasteiger partial charge on any atom is -0.496 e. The van der Waals surface area contributed by atoms with E-state index < -0.39 is 0 Å². The molecule has 0 unspecified atom stereocenters. The minimum absolute atomic E-state index is 0.206. The van der Waals surface area contributed by atoms with Crippen molar-refractivity contribution in [2.24, 2.45) is 5.92 Å². The Hall–Kier alpha value is -3.32. The number of aromatic nitrogens is 1. The first-order chi connectivity index (χ1) is 15.4. The summed E-state index contributed by atoms with van der Waals surface area (Å²) in [6.07, 6.45) is 0. The van der Waals surface area contributed by atoms with Gasteiger partial charge in [-0.3, -0.25) is 4.79 Å². The summed E-state index contributed by atoms with van der Waals surface area (Å²) >= 11 is 3.48. The van der Waals surface area contributed by atoms with Gasteiger partial charge in [0.05, 0.1) is 18.2 Å². The topological polar surface area (TPSA) is 73.6 Å². The summed E-state index contributed by atoms with van der Waals surface area (Å²) in [4.78, 5) is 17.2. The number of halogens is 1. The number of carbonyl (C=O) groups is 1. The van der Waals surface area contributed by atoms with Gasteiger partial charge in [0.2, 0.25) is 5.89 Å². The number of carbonyl (C=O) groups excluding carboxylic acids is 1. The molecule has 0 radical (unpaired) electrons. The number of hydrogen-bond donors (Lipinski definition) is 1. The summed E-state index contributed by atoms with van der Waals surface area (Å²) in [5, 5.41) is 2.91. The average molecular weight is 495 g/mol. The Morgan fingerprint density at radius 1 is 1.09 bits per heavy atom. The van der Waals surface area contributed by atoms with Crippen LogP contribution in [0.2, 0.25) is 0 Å². The van der Waals surface area contributed by atoms with E-state index in [0.717, 1.165) is 21.5 Å². The van der Waals surface area contributed by atoms with E-state index in [1.807, 2.05) is 18.2 Å². The zero-order valence-corrected chi connectivity index (χ0v) is 19.6. The highest BCUT2D eigenvalue weighted by Crippen LogP contribution is 2.32. The highest BCUT2D eigenvalue weighted by molar-refractivity contribution is 9.10. The number of nitrogens with one attached hydrogen (secondary N) is 1. The van der Waals surface area contributed by atoms with Crippen LogP contribution in [0.4, 0.5) is 5.69 Å². The molecule has 1 heterocycles. The second-order valence-corrected chi connectivity index (χ2v) is 8.59. The number of methoxy groups -OCH3 is 1. The van der Waals surface area contributed by atoms with Crippen LogP contribution < -0.4 is 14.8 Å². The third-order valence-corrected chi connectivity index (χ3v) is 5.36. The first-order valence-electron chi connectivity index (χ1n) is 10.2. The lowest BCUT2D eigenvalue weighted by molar-refractivity contribution is 0.102. The normalized spacial score (nSPS) is 11.0. The van der Waals surface area contributed by atoms with Crippen molar-refractivity contribution in [1.29, 1.82) is 0 Å². The molecular weight excluding hydrogens is 472 g/mol. The molecule has 4 aromatic rings. The van der Waals surface area contributed by atoms with Crippen LogP contribution in [0.15, 0.2) is 69.6 Å². The van der Waals surface area contributed by atoms with Gasteiger partial charge in [0, 0.05) is 16.8 Å². The van der Waals surface area contributed by atoms with Crippen LogP contribution in [-0.4, -0.2) is 24.6 Å². The fourth-order valence-corrected chi connectivity index (χ4v) is 3.64. The van der Waals surface area contributed by atoms with E-state index in [1.54, 1.807) is 49.6 Å². The van der Waals surface area contributed by atoms with Crippen molar-refractivity contribution in [3.05, 3.63) is 70.7 Å². The Bertz CT molecular complexity index is 1250. The van der Waals surface area contributed by atoms with Crippen LogP contribution in [0, 0.1) is 5.92 Å². The fraction of sp³-hybridized carbons (Fsp3) is 0.200. The van der Waals surface area contributed by atoms with Gasteiger partial charge < -0.3 is 19.2 Å². The number of anilines is 1. The predicted octanol–water partition coefficient (Wildman–Crippen LogP) is 6.55. The SMILES string of the molecule is COc1ccc(-c2nc3cc(NC(=O)c4ccc(OCC(C)C)cc4)ccc3o2)cc1Br. The molecule has 1 amide bonds. The molecule has 0 aliphatic heterocycles. The molecule has 1 aromatic heterocycles. The second kappa shape index (κ2) is 9.44. The van der Waals surface area contributed by atoms with Crippen LogP contribution in [0.1, 0.15) is 24.2 Å². The third kappa shape index (κ3) is 4.94. The van der Waals surface area contributed by atoms with Gasteiger partial charge in [0.1, 0.15) is 17.0 Å². The number of hydrogen-bond acceptors (Lipinski definition) is 5. The highest BCUT2D eigenvalue weighted by Gasteiger charge is 2.13. The number of ether oxygens (including phenoxy) is 2. The van der Waals surface area contributed by atoms with Crippen molar-refractivity contribution >= 4 is 38.6 Å². The van der Waals surface area contributed by atoms with Crippen LogP contribution in [0.5, 0.6) is 11.5 Å². The zero-order valence-electron chi connectivity index (χ0n) is 18.0. The van der Waals surface area contributed by atoms with E-state index in [2.05, 4.69) is 40.1 Å². The Balaban J connectivity index is 1.49. The molecule has 6 nitrogen and oxygen atoms in total. The van der Waals surface area contributed by atoms with E-state index in [-0.39, 0.29) is 5.91 Å². The molecule has 7 heteroatoms. The van der Waals surface area contributed by atoms with Crippen molar-refractivity contribution in [1.82, 2.24) is 4.98 Å². The lowest BCUT2D eigenvalue weighted by Gasteiger charge is -2.09. The summed E-state index contributed by atoms with van der Waals surface area (Å²) in [7, 11) is 1.62. The molecule has 0 bridgehead atoms. The van der Waals surface area contributed by atoms with Gasteiger partial charge in [0.25, 0.3) is 5.91 Å². The van der Waals surface area contributed by atoms with Crippen molar-refractivity contribution in [3.63, 3.8) is 0 Å². The third-order valence-electron chi connectivity index (χ3n) is 4.74. The van der Waals surface area contributed by atoms with Gasteiger partial charge in [0.15, 0.2) is 5.58 Å². The summed E-state index contributed by atoms with van der Waals surface area (Å²) < 4.78 is 17.6. The summed E-state index contributed by atoms with van der Waals surface area (Å²) in [5.74, 6) is 2.20. The summed E-state index contributed by atoms with van der Waals surface area (Å²) in [5.41, 5.74) is 3.29. The van der Waals surface area contributed by atoms with Gasteiger partial charge in [-0.2, -0.15) is 0 Å². The van der Waals surface area contributed by atoms with Crippen LogP contribution in [-0.2, 0) is 0 Å². The van der Waals surface area contributed by atoms with E-state index >= 15 is 0 Å². The molecule has 32 heavy (non-hydrogen) atoms. The average Bonchev–Trinajstić information content (AvgIpc) is 3.21. The van der Waals surface area contributed by atoms with Crippen molar-refractivity contribution < 1.29 is 18.7 Å². The molecule has 0 saturated heterocycles. The first kappa shape index (κ1) is 21.9.